The third kappa shape index (κ3) is 6.58. The number of nitro groups is 1. The molecule has 14 heteroatoms. The summed E-state index contributed by atoms with van der Waals surface area (Å²) in [6.07, 6.45) is 0.813. The maximum absolute atomic E-state index is 12.3. The van der Waals surface area contributed by atoms with Crippen LogP contribution in [0.4, 0.5) is 11.5 Å². The van der Waals surface area contributed by atoms with Crippen LogP contribution < -0.4 is 10.1 Å². The first-order chi connectivity index (χ1) is 15.3. The highest BCUT2D eigenvalue weighted by molar-refractivity contribution is 7.90. The van der Waals surface area contributed by atoms with Crippen LogP contribution in [-0.4, -0.2) is 73.6 Å². The number of amides is 1. The Bertz CT molecular complexity index is 1200. The standard InChI is InChI=1S/C19H23N5O8S/c1-6-31-14(25)10-20-16-15(24(27)28)17(22-19(21-16)33(5,29)30)32-13-8-11(2)7-12(9-13)18(26)23(3)4/h7-9H,6,10H2,1-5H3,(H,20,21,22). The minimum atomic E-state index is -4.01. The minimum absolute atomic E-state index is 0.0118. The number of ether oxygens (including phenoxy) is 2. The van der Waals surface area contributed by atoms with Gasteiger partial charge in [0.15, 0.2) is 0 Å². The van der Waals surface area contributed by atoms with Gasteiger partial charge in [-0.3, -0.25) is 19.7 Å². The summed E-state index contributed by atoms with van der Waals surface area (Å²) in [6, 6.07) is 4.43. The molecule has 0 atom stereocenters. The average molecular weight is 481 g/mol. The van der Waals surface area contributed by atoms with Gasteiger partial charge in [0, 0.05) is 25.9 Å². The summed E-state index contributed by atoms with van der Waals surface area (Å²) in [5.74, 6) is -2.29. The highest BCUT2D eigenvalue weighted by Gasteiger charge is 2.30. The van der Waals surface area contributed by atoms with E-state index in [9.17, 15) is 28.1 Å². The van der Waals surface area contributed by atoms with Crippen molar-refractivity contribution in [3.05, 3.63) is 39.4 Å². The highest BCUT2D eigenvalue weighted by Crippen LogP contribution is 2.36. The molecule has 0 aliphatic rings. The van der Waals surface area contributed by atoms with Gasteiger partial charge in [-0.05, 0) is 37.6 Å². The Morgan fingerprint density at radius 1 is 1.21 bits per heavy atom. The molecule has 1 N–H and O–H groups in total. The number of nitrogens with one attached hydrogen (secondary N) is 1. The number of hydrogen-bond acceptors (Lipinski definition) is 11. The average Bonchev–Trinajstić information content (AvgIpc) is 2.70. The summed E-state index contributed by atoms with van der Waals surface area (Å²) in [5, 5.41) is 13.4. The van der Waals surface area contributed by atoms with Gasteiger partial charge in [-0.1, -0.05) is 0 Å². The van der Waals surface area contributed by atoms with Gasteiger partial charge in [-0.15, -0.1) is 0 Å². The number of anilines is 1. The number of sulfone groups is 1. The van der Waals surface area contributed by atoms with Crippen LogP contribution in [0.1, 0.15) is 22.8 Å². The summed E-state index contributed by atoms with van der Waals surface area (Å²) in [4.78, 5) is 43.6. The van der Waals surface area contributed by atoms with E-state index in [1.165, 1.54) is 17.0 Å². The second kappa shape index (κ2) is 10.2. The molecule has 2 rings (SSSR count). The second-order valence-electron chi connectivity index (χ2n) is 7.03. The third-order valence-corrected chi connectivity index (χ3v) is 4.82. The van der Waals surface area contributed by atoms with Crippen LogP contribution in [0.3, 0.4) is 0 Å². The summed E-state index contributed by atoms with van der Waals surface area (Å²) >= 11 is 0. The molecule has 1 amide bonds. The number of hydrogen-bond donors (Lipinski definition) is 1. The van der Waals surface area contributed by atoms with E-state index in [2.05, 4.69) is 15.3 Å². The van der Waals surface area contributed by atoms with Gasteiger partial charge < -0.3 is 19.7 Å². The quantitative estimate of drug-likeness (QED) is 0.238. The highest BCUT2D eigenvalue weighted by atomic mass is 32.2. The van der Waals surface area contributed by atoms with Crippen molar-refractivity contribution in [1.82, 2.24) is 14.9 Å². The number of rotatable bonds is 9. The summed E-state index contributed by atoms with van der Waals surface area (Å²) in [7, 11) is -0.902. The van der Waals surface area contributed by atoms with Crippen LogP contribution in [0, 0.1) is 17.0 Å². The fraction of sp³-hybridized carbons (Fsp3) is 0.368. The maximum Gasteiger partial charge on any atom is 0.373 e. The van der Waals surface area contributed by atoms with Crippen LogP contribution in [0.5, 0.6) is 11.6 Å². The van der Waals surface area contributed by atoms with Crippen LogP contribution in [-0.2, 0) is 19.4 Å². The van der Waals surface area contributed by atoms with Crippen molar-refractivity contribution in [2.45, 2.75) is 19.0 Å². The minimum Gasteiger partial charge on any atom is -0.465 e. The van der Waals surface area contributed by atoms with Crippen molar-refractivity contribution in [3.8, 4) is 11.6 Å². The summed E-state index contributed by atoms with van der Waals surface area (Å²) in [5.41, 5.74) is 0.0581. The Balaban J connectivity index is 2.62. The van der Waals surface area contributed by atoms with Gasteiger partial charge in [-0.25, -0.2) is 8.42 Å². The van der Waals surface area contributed by atoms with Crippen LogP contribution >= 0.6 is 0 Å². The molecule has 0 fully saturated rings. The summed E-state index contributed by atoms with van der Waals surface area (Å²) < 4.78 is 34.5. The van der Waals surface area contributed by atoms with Gasteiger partial charge in [0.25, 0.3) is 11.1 Å². The number of aromatic nitrogens is 2. The van der Waals surface area contributed by atoms with Gasteiger partial charge in [0.2, 0.25) is 15.7 Å². The number of carbonyl (C=O) groups is 2. The molecule has 178 valence electrons. The Labute approximate surface area is 189 Å². The molecule has 0 saturated heterocycles. The fourth-order valence-electron chi connectivity index (χ4n) is 2.61. The van der Waals surface area contributed by atoms with Gasteiger partial charge in [-0.2, -0.15) is 9.97 Å². The molecule has 33 heavy (non-hydrogen) atoms. The van der Waals surface area contributed by atoms with Crippen molar-refractivity contribution >= 4 is 33.2 Å². The molecule has 0 unspecified atom stereocenters. The van der Waals surface area contributed by atoms with E-state index in [1.54, 1.807) is 34.0 Å². The number of aryl methyl sites for hydroxylation is 1. The lowest BCUT2D eigenvalue weighted by Crippen LogP contribution is -2.21. The third-order valence-electron chi connectivity index (χ3n) is 3.97. The number of esters is 1. The van der Waals surface area contributed by atoms with Crippen LogP contribution in [0.15, 0.2) is 23.4 Å². The molecule has 0 saturated carbocycles. The normalized spacial score (nSPS) is 10.9. The Kier molecular flexibility index (Phi) is 7.87. The van der Waals surface area contributed by atoms with E-state index < -0.39 is 49.8 Å². The lowest BCUT2D eigenvalue weighted by molar-refractivity contribution is -0.385. The lowest BCUT2D eigenvalue weighted by Gasteiger charge is -2.14. The van der Waals surface area contributed by atoms with E-state index >= 15 is 0 Å². The van der Waals surface area contributed by atoms with Gasteiger partial charge >= 0.3 is 17.5 Å². The van der Waals surface area contributed by atoms with E-state index in [0.29, 0.717) is 5.56 Å². The SMILES string of the molecule is CCOC(=O)CNc1nc(S(C)(=O)=O)nc(Oc2cc(C)cc(C(=O)N(C)C)c2)c1[N+](=O)[O-]. The molecular weight excluding hydrogens is 458 g/mol. The zero-order valence-corrected chi connectivity index (χ0v) is 19.4. The smallest absolute Gasteiger partial charge is 0.373 e. The number of nitrogens with zero attached hydrogens (tertiary/aromatic N) is 4. The summed E-state index contributed by atoms with van der Waals surface area (Å²) in [6.45, 7) is 2.83. The Morgan fingerprint density at radius 3 is 2.42 bits per heavy atom. The molecule has 1 aromatic carbocycles. The van der Waals surface area contributed by atoms with E-state index in [1.807, 2.05) is 0 Å². The molecular formula is C19H23N5O8S. The van der Waals surface area contributed by atoms with E-state index in [0.717, 1.165) is 6.26 Å². The van der Waals surface area contributed by atoms with Crippen LogP contribution in [0.2, 0.25) is 0 Å². The molecule has 13 nitrogen and oxygen atoms in total. The van der Waals surface area contributed by atoms with E-state index in [4.69, 9.17) is 9.47 Å². The first-order valence-corrected chi connectivity index (χ1v) is 11.4. The van der Waals surface area contributed by atoms with Crippen molar-refractivity contribution < 1.29 is 32.4 Å². The number of benzene rings is 1. The molecule has 0 aliphatic heterocycles. The van der Waals surface area contributed by atoms with Crippen LogP contribution in [0.25, 0.3) is 0 Å². The molecule has 0 bridgehead atoms. The largest absolute Gasteiger partial charge is 0.465 e. The predicted octanol–water partition coefficient (Wildman–Crippen LogP) is 1.57. The second-order valence-corrected chi connectivity index (χ2v) is 8.94. The molecule has 0 aliphatic carbocycles. The van der Waals surface area contributed by atoms with Crippen molar-refractivity contribution in [2.75, 3.05) is 38.8 Å². The lowest BCUT2D eigenvalue weighted by atomic mass is 10.1. The first kappa shape index (κ1) is 25.5. The first-order valence-electron chi connectivity index (χ1n) is 9.50. The molecule has 1 aromatic heterocycles. The molecule has 1 heterocycles. The molecule has 0 spiro atoms. The fourth-order valence-corrected chi connectivity index (χ4v) is 3.11. The zero-order valence-electron chi connectivity index (χ0n) is 18.6. The molecule has 0 radical (unpaired) electrons. The van der Waals surface area contributed by atoms with Gasteiger partial charge in [0.1, 0.15) is 12.3 Å². The Hall–Kier alpha value is -3.81. The predicted molar refractivity (Wildman–Crippen MR) is 116 cm³/mol. The van der Waals surface area contributed by atoms with Crippen molar-refractivity contribution in [3.63, 3.8) is 0 Å². The Morgan fingerprint density at radius 2 is 1.88 bits per heavy atom. The molecule has 2 aromatic rings. The van der Waals surface area contributed by atoms with Crippen molar-refractivity contribution in [2.24, 2.45) is 0 Å². The monoisotopic (exact) mass is 481 g/mol. The van der Waals surface area contributed by atoms with Gasteiger partial charge in [0.05, 0.1) is 11.5 Å². The zero-order chi connectivity index (χ0) is 24.9. The topological polar surface area (TPSA) is 171 Å². The van der Waals surface area contributed by atoms with Crippen molar-refractivity contribution in [1.29, 1.82) is 0 Å². The maximum atomic E-state index is 12.3. The van der Waals surface area contributed by atoms with E-state index in [-0.39, 0.29) is 23.8 Å². The number of carbonyl (C=O) groups excluding carboxylic acids is 2.